The summed E-state index contributed by atoms with van der Waals surface area (Å²) in [6.45, 7) is 0. The van der Waals surface area contributed by atoms with E-state index >= 15 is 0 Å². The number of hydrogen-bond donors (Lipinski definition) is 1. The van der Waals surface area contributed by atoms with E-state index < -0.39 is 0 Å². The minimum absolute atomic E-state index is 0.176. The number of carbonyl (C=O) groups is 1. The van der Waals surface area contributed by atoms with Crippen molar-refractivity contribution in [3.63, 3.8) is 0 Å². The van der Waals surface area contributed by atoms with E-state index in [1.807, 2.05) is 59.3 Å². The average molecular weight is 334 g/mol. The van der Waals surface area contributed by atoms with Crippen LogP contribution in [0.15, 0.2) is 76.5 Å². The van der Waals surface area contributed by atoms with E-state index in [1.54, 1.807) is 17.6 Å². The summed E-state index contributed by atoms with van der Waals surface area (Å²) in [6, 6.07) is 19.9. The fourth-order valence-electron chi connectivity index (χ4n) is 2.46. The first-order valence-corrected chi connectivity index (χ1v) is 8.74. The Bertz CT molecular complexity index is 811. The molecule has 0 unspecified atom stereocenters. The second-order valence-corrected chi connectivity index (χ2v) is 6.18. The maximum Gasteiger partial charge on any atom is 0.271 e. The Kier molecular flexibility index (Phi) is 5.53. The lowest BCUT2D eigenvalue weighted by atomic mass is 9.99. The second-order valence-electron chi connectivity index (χ2n) is 5.40. The standard InChI is InChI=1S/C20H18N2OS/c23-20(22-21-14-17-12-13-24-15-17)19-9-5-4-8-18(19)11-10-16-6-2-1-3-7-16/h1-9,12-15H,10-11H2,(H,22,23)/b21-14+. The number of aryl methyl sites for hydroxylation is 2. The molecule has 1 aromatic heterocycles. The number of nitrogens with one attached hydrogen (secondary N) is 1. The van der Waals surface area contributed by atoms with Crippen LogP contribution in [0, 0.1) is 0 Å². The van der Waals surface area contributed by atoms with Gasteiger partial charge in [-0.25, -0.2) is 5.43 Å². The van der Waals surface area contributed by atoms with Crippen LogP contribution in [0.2, 0.25) is 0 Å². The van der Waals surface area contributed by atoms with E-state index in [9.17, 15) is 4.79 Å². The number of carbonyl (C=O) groups excluding carboxylic acids is 1. The first-order chi connectivity index (χ1) is 11.8. The van der Waals surface area contributed by atoms with Crippen molar-refractivity contribution in [3.8, 4) is 0 Å². The SMILES string of the molecule is O=C(N/N=C/c1ccsc1)c1ccccc1CCc1ccccc1. The molecule has 1 amide bonds. The molecule has 3 aromatic rings. The van der Waals surface area contributed by atoms with E-state index in [1.165, 1.54) is 5.56 Å². The van der Waals surface area contributed by atoms with Crippen molar-refractivity contribution in [3.05, 3.63) is 93.7 Å². The van der Waals surface area contributed by atoms with E-state index in [-0.39, 0.29) is 5.91 Å². The molecule has 0 aliphatic heterocycles. The van der Waals surface area contributed by atoms with Crippen LogP contribution in [-0.4, -0.2) is 12.1 Å². The number of thiophene rings is 1. The average Bonchev–Trinajstić information content (AvgIpc) is 3.14. The van der Waals surface area contributed by atoms with Crippen molar-refractivity contribution >= 4 is 23.5 Å². The molecular formula is C20H18N2OS. The summed E-state index contributed by atoms with van der Waals surface area (Å²) in [7, 11) is 0. The Morgan fingerprint density at radius 2 is 1.79 bits per heavy atom. The minimum atomic E-state index is -0.176. The molecule has 0 radical (unpaired) electrons. The minimum Gasteiger partial charge on any atom is -0.267 e. The summed E-state index contributed by atoms with van der Waals surface area (Å²) >= 11 is 1.60. The molecule has 120 valence electrons. The molecular weight excluding hydrogens is 316 g/mol. The van der Waals surface area contributed by atoms with Crippen LogP contribution < -0.4 is 5.43 Å². The first kappa shape index (κ1) is 16.1. The summed E-state index contributed by atoms with van der Waals surface area (Å²) in [5, 5.41) is 7.98. The Hall–Kier alpha value is -2.72. The summed E-state index contributed by atoms with van der Waals surface area (Å²) < 4.78 is 0. The van der Waals surface area contributed by atoms with Crippen LogP contribution >= 0.6 is 11.3 Å². The first-order valence-electron chi connectivity index (χ1n) is 7.80. The third kappa shape index (κ3) is 4.40. The molecule has 3 nitrogen and oxygen atoms in total. The zero-order valence-electron chi connectivity index (χ0n) is 13.2. The van der Waals surface area contributed by atoms with Crippen molar-refractivity contribution in [2.75, 3.05) is 0 Å². The maximum atomic E-state index is 12.4. The fourth-order valence-corrected chi connectivity index (χ4v) is 3.07. The Labute approximate surface area is 145 Å². The Morgan fingerprint density at radius 3 is 2.58 bits per heavy atom. The highest BCUT2D eigenvalue weighted by Crippen LogP contribution is 2.13. The molecule has 0 aliphatic carbocycles. The monoisotopic (exact) mass is 334 g/mol. The lowest BCUT2D eigenvalue weighted by Gasteiger charge is -2.08. The molecule has 0 saturated heterocycles. The van der Waals surface area contributed by atoms with Crippen LogP contribution in [-0.2, 0) is 12.8 Å². The predicted octanol–water partition coefficient (Wildman–Crippen LogP) is 4.30. The maximum absolute atomic E-state index is 12.4. The molecule has 4 heteroatoms. The summed E-state index contributed by atoms with van der Waals surface area (Å²) in [5.41, 5.74) is 6.57. The van der Waals surface area contributed by atoms with Crippen LogP contribution in [0.25, 0.3) is 0 Å². The quantitative estimate of drug-likeness (QED) is 0.530. The third-order valence-corrected chi connectivity index (χ3v) is 4.41. The van der Waals surface area contributed by atoms with E-state index in [4.69, 9.17) is 0 Å². The summed E-state index contributed by atoms with van der Waals surface area (Å²) in [5.74, 6) is -0.176. The molecule has 0 spiro atoms. The van der Waals surface area contributed by atoms with Gasteiger partial charge >= 0.3 is 0 Å². The van der Waals surface area contributed by atoms with Gasteiger partial charge in [0.25, 0.3) is 5.91 Å². The van der Waals surface area contributed by atoms with Gasteiger partial charge < -0.3 is 0 Å². The van der Waals surface area contributed by atoms with Crippen molar-refractivity contribution in [1.82, 2.24) is 5.43 Å². The van der Waals surface area contributed by atoms with Gasteiger partial charge in [-0.3, -0.25) is 4.79 Å². The van der Waals surface area contributed by atoms with E-state index in [2.05, 4.69) is 22.7 Å². The molecule has 0 saturated carbocycles. The molecule has 2 aromatic carbocycles. The van der Waals surface area contributed by atoms with Crippen LogP contribution in [0.4, 0.5) is 0 Å². The zero-order valence-corrected chi connectivity index (χ0v) is 14.0. The van der Waals surface area contributed by atoms with Crippen LogP contribution in [0.1, 0.15) is 27.0 Å². The summed E-state index contributed by atoms with van der Waals surface area (Å²) in [6.07, 6.45) is 3.38. The highest BCUT2D eigenvalue weighted by molar-refractivity contribution is 7.08. The number of rotatable bonds is 6. The van der Waals surface area contributed by atoms with Crippen molar-refractivity contribution < 1.29 is 4.79 Å². The lowest BCUT2D eigenvalue weighted by Crippen LogP contribution is -2.19. The predicted molar refractivity (Wildman–Crippen MR) is 99.7 cm³/mol. The van der Waals surface area contributed by atoms with Gasteiger partial charge in [0.15, 0.2) is 0 Å². The molecule has 0 bridgehead atoms. The van der Waals surface area contributed by atoms with Crippen molar-refractivity contribution in [2.45, 2.75) is 12.8 Å². The number of nitrogens with zero attached hydrogens (tertiary/aromatic N) is 1. The van der Waals surface area contributed by atoms with Crippen molar-refractivity contribution in [2.24, 2.45) is 5.10 Å². The van der Waals surface area contributed by atoms with E-state index in [0.29, 0.717) is 5.56 Å². The molecule has 24 heavy (non-hydrogen) atoms. The highest BCUT2D eigenvalue weighted by atomic mass is 32.1. The van der Waals surface area contributed by atoms with Gasteiger partial charge in [0.1, 0.15) is 0 Å². The molecule has 0 aliphatic rings. The molecule has 1 heterocycles. The van der Waals surface area contributed by atoms with Gasteiger partial charge in [-0.15, -0.1) is 0 Å². The number of hydrogen-bond acceptors (Lipinski definition) is 3. The fraction of sp³-hybridized carbons (Fsp3) is 0.100. The number of amides is 1. The van der Waals surface area contributed by atoms with Gasteiger partial charge in [-0.1, -0.05) is 48.5 Å². The van der Waals surface area contributed by atoms with Gasteiger partial charge in [0.05, 0.1) is 6.21 Å². The third-order valence-electron chi connectivity index (χ3n) is 3.71. The van der Waals surface area contributed by atoms with Crippen molar-refractivity contribution in [1.29, 1.82) is 0 Å². The van der Waals surface area contributed by atoms with Gasteiger partial charge in [-0.2, -0.15) is 16.4 Å². The van der Waals surface area contributed by atoms with Crippen LogP contribution in [0.5, 0.6) is 0 Å². The molecule has 0 fully saturated rings. The molecule has 1 N–H and O–H groups in total. The Morgan fingerprint density at radius 1 is 1.00 bits per heavy atom. The van der Waals surface area contributed by atoms with Gasteiger partial charge in [-0.05, 0) is 46.9 Å². The van der Waals surface area contributed by atoms with Gasteiger partial charge in [0.2, 0.25) is 0 Å². The van der Waals surface area contributed by atoms with Gasteiger partial charge in [0, 0.05) is 11.1 Å². The number of benzene rings is 2. The lowest BCUT2D eigenvalue weighted by molar-refractivity contribution is 0.0954. The zero-order chi connectivity index (χ0) is 16.6. The smallest absolute Gasteiger partial charge is 0.267 e. The molecule has 0 atom stereocenters. The highest BCUT2D eigenvalue weighted by Gasteiger charge is 2.10. The second kappa shape index (κ2) is 8.22. The summed E-state index contributed by atoms with van der Waals surface area (Å²) in [4.78, 5) is 12.4. The normalized spacial score (nSPS) is 10.8. The largest absolute Gasteiger partial charge is 0.271 e. The van der Waals surface area contributed by atoms with Crippen LogP contribution in [0.3, 0.4) is 0 Å². The topological polar surface area (TPSA) is 41.5 Å². The van der Waals surface area contributed by atoms with E-state index in [0.717, 1.165) is 24.0 Å². The number of hydrazone groups is 1. The molecule has 3 rings (SSSR count). The Balaban J connectivity index is 1.65.